The fourth-order valence-electron chi connectivity index (χ4n) is 3.23. The molecule has 1 aliphatic rings. The molecular formula is C18H21N5O2S. The van der Waals surface area contributed by atoms with E-state index in [1.54, 1.807) is 42.4 Å². The van der Waals surface area contributed by atoms with Crippen molar-refractivity contribution >= 4 is 32.6 Å². The number of amides is 1. The molecule has 0 radical (unpaired) electrons. The first-order chi connectivity index (χ1) is 12.6. The van der Waals surface area contributed by atoms with E-state index < -0.39 is 0 Å². The molecule has 1 aromatic carbocycles. The quantitative estimate of drug-likeness (QED) is 0.763. The topological polar surface area (TPSA) is 72.3 Å². The molecule has 0 saturated carbocycles. The number of aryl methyl sites for hydroxylation is 1. The van der Waals surface area contributed by atoms with Crippen LogP contribution in [0.3, 0.4) is 0 Å². The minimum Gasteiger partial charge on any atom is -0.497 e. The number of nitrogens with one attached hydrogen (secondary N) is 1. The third-order valence-electron chi connectivity index (χ3n) is 4.74. The van der Waals surface area contributed by atoms with Crippen molar-refractivity contribution in [3.05, 3.63) is 36.2 Å². The lowest BCUT2D eigenvalue weighted by Crippen LogP contribution is -2.45. The van der Waals surface area contributed by atoms with Crippen molar-refractivity contribution in [1.82, 2.24) is 20.1 Å². The van der Waals surface area contributed by atoms with Crippen LogP contribution in [-0.2, 0) is 7.05 Å². The molecule has 1 amide bonds. The van der Waals surface area contributed by atoms with Gasteiger partial charge in [0.1, 0.15) is 11.4 Å². The van der Waals surface area contributed by atoms with Gasteiger partial charge in [-0.25, -0.2) is 4.98 Å². The van der Waals surface area contributed by atoms with Crippen LogP contribution in [0.5, 0.6) is 5.75 Å². The smallest absolute Gasteiger partial charge is 0.269 e. The van der Waals surface area contributed by atoms with E-state index in [1.165, 1.54) is 0 Å². The summed E-state index contributed by atoms with van der Waals surface area (Å²) in [4.78, 5) is 19.4. The molecule has 0 unspecified atom stereocenters. The maximum absolute atomic E-state index is 12.3. The number of hydrogen-bond donors (Lipinski definition) is 1. The number of nitrogens with zero attached hydrogens (tertiary/aromatic N) is 4. The number of aromatic nitrogens is 3. The van der Waals surface area contributed by atoms with Crippen molar-refractivity contribution in [2.45, 2.75) is 18.9 Å². The standard InChI is InChI=1S/C18H21N5O2S/c1-22-15(5-8-19-22)17(24)20-12-6-9-23(10-7-12)18-21-14-4-3-13(25-2)11-16(14)26-18/h3-5,8,11-12H,6-7,9-10H2,1-2H3,(H,20,24). The second-order valence-electron chi connectivity index (χ2n) is 6.40. The summed E-state index contributed by atoms with van der Waals surface area (Å²) >= 11 is 1.68. The minimum atomic E-state index is -0.0597. The van der Waals surface area contributed by atoms with E-state index in [9.17, 15) is 4.79 Å². The van der Waals surface area contributed by atoms with Crippen LogP contribution in [0.2, 0.25) is 0 Å². The van der Waals surface area contributed by atoms with Crippen LogP contribution in [0.25, 0.3) is 10.2 Å². The Morgan fingerprint density at radius 2 is 2.12 bits per heavy atom. The lowest BCUT2D eigenvalue weighted by atomic mass is 10.1. The average molecular weight is 371 g/mol. The van der Waals surface area contributed by atoms with E-state index in [1.807, 2.05) is 18.2 Å². The number of carbonyl (C=O) groups excluding carboxylic acids is 1. The molecule has 0 aliphatic carbocycles. The zero-order chi connectivity index (χ0) is 18.1. The lowest BCUT2D eigenvalue weighted by Gasteiger charge is -2.32. The van der Waals surface area contributed by atoms with Gasteiger partial charge >= 0.3 is 0 Å². The molecule has 0 atom stereocenters. The fourth-order valence-corrected chi connectivity index (χ4v) is 4.27. The molecule has 1 N–H and O–H groups in total. The van der Waals surface area contributed by atoms with Crippen LogP contribution < -0.4 is 15.0 Å². The largest absolute Gasteiger partial charge is 0.497 e. The number of fused-ring (bicyclic) bond motifs is 1. The van der Waals surface area contributed by atoms with Gasteiger partial charge in [-0.05, 0) is 37.1 Å². The number of thiazole rings is 1. The number of hydrogen-bond acceptors (Lipinski definition) is 6. The zero-order valence-corrected chi connectivity index (χ0v) is 15.6. The molecule has 4 rings (SSSR count). The van der Waals surface area contributed by atoms with Crippen LogP contribution >= 0.6 is 11.3 Å². The number of rotatable bonds is 4. The third-order valence-corrected chi connectivity index (χ3v) is 5.82. The molecule has 0 bridgehead atoms. The number of carbonyl (C=O) groups is 1. The van der Waals surface area contributed by atoms with Gasteiger partial charge in [0.2, 0.25) is 0 Å². The molecule has 0 spiro atoms. The van der Waals surface area contributed by atoms with Crippen LogP contribution in [0.4, 0.5) is 5.13 Å². The second-order valence-corrected chi connectivity index (χ2v) is 7.41. The summed E-state index contributed by atoms with van der Waals surface area (Å²) in [5.74, 6) is 0.791. The highest BCUT2D eigenvalue weighted by Gasteiger charge is 2.24. The molecule has 2 aromatic heterocycles. The monoisotopic (exact) mass is 371 g/mol. The van der Waals surface area contributed by atoms with Crippen LogP contribution in [0, 0.1) is 0 Å². The summed E-state index contributed by atoms with van der Waals surface area (Å²) in [7, 11) is 3.45. The van der Waals surface area contributed by atoms with Crippen molar-refractivity contribution in [3.8, 4) is 5.75 Å². The van der Waals surface area contributed by atoms with Gasteiger partial charge in [0.25, 0.3) is 5.91 Å². The first kappa shape index (κ1) is 16.8. The van der Waals surface area contributed by atoms with Gasteiger partial charge in [-0.1, -0.05) is 11.3 Å². The molecular weight excluding hydrogens is 350 g/mol. The number of benzene rings is 1. The summed E-state index contributed by atoms with van der Waals surface area (Å²) in [5.41, 5.74) is 1.59. The van der Waals surface area contributed by atoms with Gasteiger partial charge in [0.05, 0.1) is 17.3 Å². The Morgan fingerprint density at radius 1 is 1.31 bits per heavy atom. The highest BCUT2D eigenvalue weighted by molar-refractivity contribution is 7.22. The maximum Gasteiger partial charge on any atom is 0.269 e. The molecule has 3 heterocycles. The number of ether oxygens (including phenoxy) is 1. The Hall–Kier alpha value is -2.61. The first-order valence-corrected chi connectivity index (χ1v) is 9.44. The molecule has 7 nitrogen and oxygen atoms in total. The SMILES string of the molecule is COc1ccc2nc(N3CCC(NC(=O)c4ccnn4C)CC3)sc2c1. The zero-order valence-electron chi connectivity index (χ0n) is 14.8. The minimum absolute atomic E-state index is 0.0597. The lowest BCUT2D eigenvalue weighted by molar-refractivity contribution is 0.0921. The summed E-state index contributed by atoms with van der Waals surface area (Å²) in [6, 6.07) is 7.88. The summed E-state index contributed by atoms with van der Waals surface area (Å²) in [6.07, 6.45) is 3.45. The van der Waals surface area contributed by atoms with Gasteiger partial charge in [-0.3, -0.25) is 9.48 Å². The summed E-state index contributed by atoms with van der Waals surface area (Å²) < 4.78 is 8.01. The second kappa shape index (κ2) is 6.95. The van der Waals surface area contributed by atoms with Gasteiger partial charge in [-0.15, -0.1) is 0 Å². The Morgan fingerprint density at radius 3 is 2.81 bits per heavy atom. The third kappa shape index (κ3) is 3.24. The fraction of sp³-hybridized carbons (Fsp3) is 0.389. The first-order valence-electron chi connectivity index (χ1n) is 8.62. The predicted octanol–water partition coefficient (Wildman–Crippen LogP) is 2.44. The molecule has 136 valence electrons. The Bertz CT molecular complexity index is 927. The predicted molar refractivity (Wildman–Crippen MR) is 102 cm³/mol. The van der Waals surface area contributed by atoms with Crippen molar-refractivity contribution in [2.75, 3.05) is 25.1 Å². The van der Waals surface area contributed by atoms with Crippen molar-refractivity contribution in [2.24, 2.45) is 7.05 Å². The van der Waals surface area contributed by atoms with E-state index in [0.29, 0.717) is 5.69 Å². The normalized spacial score (nSPS) is 15.4. The number of piperidine rings is 1. The summed E-state index contributed by atoms with van der Waals surface area (Å²) in [6.45, 7) is 1.76. The van der Waals surface area contributed by atoms with E-state index in [2.05, 4.69) is 15.3 Å². The van der Waals surface area contributed by atoms with Crippen LogP contribution in [-0.4, -0.2) is 46.9 Å². The molecule has 1 saturated heterocycles. The van der Waals surface area contributed by atoms with Crippen LogP contribution in [0.1, 0.15) is 23.3 Å². The number of anilines is 1. The molecule has 1 fully saturated rings. The Balaban J connectivity index is 1.39. The highest BCUT2D eigenvalue weighted by Crippen LogP contribution is 2.32. The highest BCUT2D eigenvalue weighted by atomic mass is 32.1. The number of methoxy groups -OCH3 is 1. The molecule has 1 aliphatic heterocycles. The van der Waals surface area contributed by atoms with Crippen LogP contribution in [0.15, 0.2) is 30.5 Å². The van der Waals surface area contributed by atoms with E-state index >= 15 is 0 Å². The Labute approximate surface area is 155 Å². The van der Waals surface area contributed by atoms with E-state index in [-0.39, 0.29) is 11.9 Å². The van der Waals surface area contributed by atoms with Crippen molar-refractivity contribution in [1.29, 1.82) is 0 Å². The van der Waals surface area contributed by atoms with E-state index in [0.717, 1.165) is 47.0 Å². The Kier molecular flexibility index (Phi) is 4.50. The molecule has 3 aromatic rings. The van der Waals surface area contributed by atoms with Gasteiger partial charge in [0, 0.05) is 32.4 Å². The van der Waals surface area contributed by atoms with Gasteiger partial charge < -0.3 is 15.0 Å². The van der Waals surface area contributed by atoms with Gasteiger partial charge in [-0.2, -0.15) is 5.10 Å². The van der Waals surface area contributed by atoms with E-state index in [4.69, 9.17) is 9.72 Å². The summed E-state index contributed by atoms with van der Waals surface area (Å²) in [5, 5.41) is 8.20. The maximum atomic E-state index is 12.3. The van der Waals surface area contributed by atoms with Crippen molar-refractivity contribution in [3.63, 3.8) is 0 Å². The van der Waals surface area contributed by atoms with Gasteiger partial charge in [0.15, 0.2) is 5.13 Å². The molecule has 8 heteroatoms. The average Bonchev–Trinajstić information content (AvgIpc) is 3.27. The van der Waals surface area contributed by atoms with Crippen molar-refractivity contribution < 1.29 is 9.53 Å². The molecule has 26 heavy (non-hydrogen) atoms.